The molecule has 164 valence electrons. The number of unbranched alkanes of at least 4 members (excludes halogenated alkanes) is 17. The van der Waals surface area contributed by atoms with E-state index in [9.17, 15) is 0 Å². The second kappa shape index (κ2) is 30.4. The van der Waals surface area contributed by atoms with E-state index in [2.05, 4.69) is 32.9 Å². The first kappa shape index (κ1) is 28.9. The standard InChI is InChI=1S/C16H32.C10H22O/c1-3-5-7-9-11-13-15-16-14-12-10-8-6-4-2;1-2-3-4-5-6-7-8-9-10-11/h13,15H,3-12,14,16H2,1-2H3;11H,2-10H2,1H3/b15-13-;. The molecule has 1 N–H and O–H groups in total. The molecular weight excluding hydrogens is 328 g/mol. The van der Waals surface area contributed by atoms with Gasteiger partial charge < -0.3 is 5.11 Å². The summed E-state index contributed by atoms with van der Waals surface area (Å²) in [6.07, 6.45) is 31.8. The van der Waals surface area contributed by atoms with E-state index in [4.69, 9.17) is 5.11 Å². The van der Waals surface area contributed by atoms with Gasteiger partial charge >= 0.3 is 0 Å². The second-order valence-electron chi connectivity index (χ2n) is 8.08. The summed E-state index contributed by atoms with van der Waals surface area (Å²) in [7, 11) is 0. The monoisotopic (exact) mass is 382 g/mol. The van der Waals surface area contributed by atoms with Crippen molar-refractivity contribution in [1.29, 1.82) is 0 Å². The number of aliphatic hydroxyl groups is 1. The fourth-order valence-corrected chi connectivity index (χ4v) is 3.21. The van der Waals surface area contributed by atoms with Gasteiger partial charge in [0.1, 0.15) is 0 Å². The molecule has 0 spiro atoms. The summed E-state index contributed by atoms with van der Waals surface area (Å²) in [5, 5.41) is 8.51. The van der Waals surface area contributed by atoms with Crippen molar-refractivity contribution < 1.29 is 5.11 Å². The molecule has 0 aliphatic rings. The van der Waals surface area contributed by atoms with E-state index in [1.54, 1.807) is 0 Å². The molecule has 1 nitrogen and oxygen atoms in total. The first-order valence-corrected chi connectivity index (χ1v) is 12.6. The summed E-state index contributed by atoms with van der Waals surface area (Å²) in [5.41, 5.74) is 0. The quantitative estimate of drug-likeness (QED) is 0.164. The minimum absolute atomic E-state index is 0.370. The predicted octanol–water partition coefficient (Wildman–Crippen LogP) is 9.38. The lowest BCUT2D eigenvalue weighted by molar-refractivity contribution is 0.282. The molecule has 0 unspecified atom stereocenters. The highest BCUT2D eigenvalue weighted by Gasteiger charge is 1.90. The Morgan fingerprint density at radius 2 is 0.704 bits per heavy atom. The molecule has 0 radical (unpaired) electrons. The first-order valence-electron chi connectivity index (χ1n) is 12.6. The number of rotatable bonds is 20. The maximum atomic E-state index is 8.51. The largest absolute Gasteiger partial charge is 0.396 e. The van der Waals surface area contributed by atoms with Gasteiger partial charge in [0.15, 0.2) is 0 Å². The molecule has 1 heteroatoms. The van der Waals surface area contributed by atoms with Crippen LogP contribution in [0.25, 0.3) is 0 Å². The van der Waals surface area contributed by atoms with Crippen LogP contribution in [-0.2, 0) is 0 Å². The van der Waals surface area contributed by atoms with Crippen molar-refractivity contribution >= 4 is 0 Å². The Balaban J connectivity index is 0. The van der Waals surface area contributed by atoms with Gasteiger partial charge in [0.2, 0.25) is 0 Å². The molecule has 0 atom stereocenters. The minimum atomic E-state index is 0.370. The SMILES string of the molecule is CCCCCC/C=C\CCCCCCCC.CCCCCCCCCCO. The summed E-state index contributed by atoms with van der Waals surface area (Å²) < 4.78 is 0. The van der Waals surface area contributed by atoms with Crippen LogP contribution >= 0.6 is 0 Å². The zero-order valence-electron chi connectivity index (χ0n) is 19.5. The molecule has 0 saturated carbocycles. The van der Waals surface area contributed by atoms with Crippen LogP contribution in [0.1, 0.15) is 149 Å². The van der Waals surface area contributed by atoms with Gasteiger partial charge in [-0.3, -0.25) is 0 Å². The van der Waals surface area contributed by atoms with Gasteiger partial charge in [-0.15, -0.1) is 0 Å². The number of hydrogen-bond acceptors (Lipinski definition) is 1. The average Bonchev–Trinajstić information content (AvgIpc) is 2.69. The van der Waals surface area contributed by atoms with E-state index in [0.717, 1.165) is 6.42 Å². The Bertz CT molecular complexity index is 239. The van der Waals surface area contributed by atoms with E-state index in [1.807, 2.05) is 0 Å². The molecule has 0 aliphatic carbocycles. The van der Waals surface area contributed by atoms with E-state index in [0.29, 0.717) is 6.61 Å². The lowest BCUT2D eigenvalue weighted by Crippen LogP contribution is -1.83. The second-order valence-corrected chi connectivity index (χ2v) is 8.08. The third-order valence-electron chi connectivity index (χ3n) is 5.13. The lowest BCUT2D eigenvalue weighted by atomic mass is 10.1. The van der Waals surface area contributed by atoms with Crippen LogP contribution in [-0.4, -0.2) is 11.7 Å². The molecule has 0 saturated heterocycles. The molecule has 0 aromatic carbocycles. The van der Waals surface area contributed by atoms with Crippen molar-refractivity contribution in [2.45, 2.75) is 149 Å². The van der Waals surface area contributed by atoms with E-state index < -0.39 is 0 Å². The van der Waals surface area contributed by atoms with Crippen molar-refractivity contribution in [2.24, 2.45) is 0 Å². The van der Waals surface area contributed by atoms with Crippen molar-refractivity contribution in [3.63, 3.8) is 0 Å². The Kier molecular flexibility index (Phi) is 32.6. The first-order chi connectivity index (χ1) is 13.3. The van der Waals surface area contributed by atoms with E-state index in [1.165, 1.54) is 122 Å². The zero-order valence-corrected chi connectivity index (χ0v) is 19.5. The normalized spacial score (nSPS) is 11.0. The van der Waals surface area contributed by atoms with Crippen LogP contribution in [0.3, 0.4) is 0 Å². The fraction of sp³-hybridized carbons (Fsp3) is 0.923. The summed E-state index contributed by atoms with van der Waals surface area (Å²) >= 11 is 0. The van der Waals surface area contributed by atoms with Gasteiger partial charge in [-0.1, -0.05) is 129 Å². The number of hydrogen-bond donors (Lipinski definition) is 1. The van der Waals surface area contributed by atoms with Crippen LogP contribution < -0.4 is 0 Å². The van der Waals surface area contributed by atoms with Crippen LogP contribution in [0, 0.1) is 0 Å². The van der Waals surface area contributed by atoms with Crippen LogP contribution in [0.4, 0.5) is 0 Å². The van der Waals surface area contributed by atoms with Gasteiger partial charge in [0, 0.05) is 6.61 Å². The molecule has 0 heterocycles. The Morgan fingerprint density at radius 3 is 1.07 bits per heavy atom. The van der Waals surface area contributed by atoms with Gasteiger partial charge in [-0.2, -0.15) is 0 Å². The minimum Gasteiger partial charge on any atom is -0.396 e. The summed E-state index contributed by atoms with van der Waals surface area (Å²) in [4.78, 5) is 0. The Morgan fingerprint density at radius 1 is 0.407 bits per heavy atom. The third kappa shape index (κ3) is 33.7. The van der Waals surface area contributed by atoms with Gasteiger partial charge in [-0.05, 0) is 32.1 Å². The topological polar surface area (TPSA) is 20.2 Å². The Labute approximate surface area is 173 Å². The molecule has 0 bridgehead atoms. The highest BCUT2D eigenvalue weighted by molar-refractivity contribution is 4.81. The predicted molar refractivity (Wildman–Crippen MR) is 126 cm³/mol. The summed E-state index contributed by atoms with van der Waals surface area (Å²) in [6, 6.07) is 0. The molecule has 0 fully saturated rings. The van der Waals surface area contributed by atoms with Crippen molar-refractivity contribution in [2.75, 3.05) is 6.61 Å². The van der Waals surface area contributed by atoms with E-state index in [-0.39, 0.29) is 0 Å². The fourth-order valence-electron chi connectivity index (χ4n) is 3.21. The van der Waals surface area contributed by atoms with Gasteiger partial charge in [0.05, 0.1) is 0 Å². The molecule has 0 aliphatic heterocycles. The Hall–Kier alpha value is -0.300. The molecule has 0 aromatic heterocycles. The average molecular weight is 383 g/mol. The molecular formula is C26H54O. The molecule has 0 amide bonds. The maximum absolute atomic E-state index is 8.51. The van der Waals surface area contributed by atoms with E-state index >= 15 is 0 Å². The van der Waals surface area contributed by atoms with Crippen LogP contribution in [0.15, 0.2) is 12.2 Å². The van der Waals surface area contributed by atoms with Gasteiger partial charge in [-0.25, -0.2) is 0 Å². The molecule has 0 rings (SSSR count). The molecule has 27 heavy (non-hydrogen) atoms. The highest BCUT2D eigenvalue weighted by atomic mass is 16.2. The lowest BCUT2D eigenvalue weighted by Gasteiger charge is -1.98. The zero-order chi connectivity index (χ0) is 20.3. The van der Waals surface area contributed by atoms with Crippen molar-refractivity contribution in [1.82, 2.24) is 0 Å². The smallest absolute Gasteiger partial charge is 0.0431 e. The molecule has 0 aromatic rings. The maximum Gasteiger partial charge on any atom is 0.0431 e. The van der Waals surface area contributed by atoms with Crippen LogP contribution in [0.2, 0.25) is 0 Å². The third-order valence-corrected chi connectivity index (χ3v) is 5.13. The van der Waals surface area contributed by atoms with Crippen molar-refractivity contribution in [3.05, 3.63) is 12.2 Å². The number of aliphatic hydroxyl groups excluding tert-OH is 1. The highest BCUT2D eigenvalue weighted by Crippen LogP contribution is 2.09. The van der Waals surface area contributed by atoms with Gasteiger partial charge in [0.25, 0.3) is 0 Å². The summed E-state index contributed by atoms with van der Waals surface area (Å²) in [5.74, 6) is 0. The van der Waals surface area contributed by atoms with Crippen LogP contribution in [0.5, 0.6) is 0 Å². The number of allylic oxidation sites excluding steroid dienone is 2. The van der Waals surface area contributed by atoms with Crippen molar-refractivity contribution in [3.8, 4) is 0 Å². The summed E-state index contributed by atoms with van der Waals surface area (Å²) in [6.45, 7) is 7.16.